The minimum Gasteiger partial charge on any atom is -0.495 e. The molecule has 0 spiro atoms. The van der Waals surface area contributed by atoms with Gasteiger partial charge >= 0.3 is 24.3 Å². The van der Waals surface area contributed by atoms with E-state index in [0.717, 1.165) is 30.3 Å². The number of anilines is 2. The SMILES string of the molecule is CCOC(=O)C(O)(c1ccc(N)c(C)c1)C(F)(F)F.CCOC(=O)C(O)(c1ccc(N)c(OC)c1)C(F)(F)F. The van der Waals surface area contributed by atoms with Crippen LogP contribution in [0.4, 0.5) is 37.7 Å². The topological polar surface area (TPSA) is 154 Å². The molecule has 0 aliphatic heterocycles. The van der Waals surface area contributed by atoms with Gasteiger partial charge in [-0.2, -0.15) is 26.3 Å². The van der Waals surface area contributed by atoms with Crippen molar-refractivity contribution in [2.75, 3.05) is 31.8 Å². The molecule has 15 heteroatoms. The van der Waals surface area contributed by atoms with Gasteiger partial charge in [0.25, 0.3) is 11.2 Å². The van der Waals surface area contributed by atoms with Crippen molar-refractivity contribution in [1.82, 2.24) is 0 Å². The van der Waals surface area contributed by atoms with Crippen LogP contribution < -0.4 is 16.2 Å². The van der Waals surface area contributed by atoms with Crippen molar-refractivity contribution in [3.8, 4) is 5.75 Å². The Labute approximate surface area is 219 Å². The van der Waals surface area contributed by atoms with E-state index in [-0.39, 0.29) is 30.3 Å². The molecule has 2 atom stereocenters. The smallest absolute Gasteiger partial charge is 0.432 e. The van der Waals surface area contributed by atoms with E-state index in [1.54, 1.807) is 0 Å². The number of rotatable bonds is 7. The molecule has 0 saturated carbocycles. The van der Waals surface area contributed by atoms with E-state index in [2.05, 4.69) is 9.47 Å². The van der Waals surface area contributed by atoms with Gasteiger partial charge < -0.3 is 35.9 Å². The summed E-state index contributed by atoms with van der Waals surface area (Å²) in [5.41, 5.74) is 2.82. The van der Waals surface area contributed by atoms with Gasteiger partial charge in [0.1, 0.15) is 5.75 Å². The monoisotopic (exact) mass is 570 g/mol. The largest absolute Gasteiger partial charge is 0.495 e. The lowest BCUT2D eigenvalue weighted by atomic mass is 9.91. The Balaban J connectivity index is 0.000000391. The van der Waals surface area contributed by atoms with Crippen molar-refractivity contribution in [2.45, 2.75) is 44.3 Å². The van der Waals surface area contributed by atoms with Crippen molar-refractivity contribution in [2.24, 2.45) is 0 Å². The maximum absolute atomic E-state index is 13.1. The first-order valence-corrected chi connectivity index (χ1v) is 11.1. The zero-order valence-electron chi connectivity index (χ0n) is 21.2. The fourth-order valence-electron chi connectivity index (χ4n) is 3.10. The van der Waals surface area contributed by atoms with Gasteiger partial charge in [-0.15, -0.1) is 0 Å². The van der Waals surface area contributed by atoms with Gasteiger partial charge in [-0.25, -0.2) is 9.59 Å². The minimum absolute atomic E-state index is 0.0737. The van der Waals surface area contributed by atoms with Crippen molar-refractivity contribution in [3.05, 3.63) is 53.1 Å². The van der Waals surface area contributed by atoms with E-state index in [9.17, 15) is 46.1 Å². The third kappa shape index (κ3) is 6.84. The van der Waals surface area contributed by atoms with Crippen molar-refractivity contribution in [1.29, 1.82) is 0 Å². The van der Waals surface area contributed by atoms with Gasteiger partial charge in [-0.1, -0.05) is 18.2 Å². The van der Waals surface area contributed by atoms with Crippen LogP contribution in [0, 0.1) is 6.92 Å². The summed E-state index contributed by atoms with van der Waals surface area (Å²) in [7, 11) is 1.20. The summed E-state index contributed by atoms with van der Waals surface area (Å²) in [6.07, 6.45) is -10.4. The third-order valence-electron chi connectivity index (χ3n) is 5.30. The number of hydrogen-bond donors (Lipinski definition) is 4. The highest BCUT2D eigenvalue weighted by Crippen LogP contribution is 2.42. The first-order valence-electron chi connectivity index (χ1n) is 11.1. The quantitative estimate of drug-likeness (QED) is 0.223. The molecule has 0 radical (unpaired) electrons. The second kappa shape index (κ2) is 12.4. The summed E-state index contributed by atoms with van der Waals surface area (Å²) >= 11 is 0. The number of halogens is 6. The third-order valence-corrected chi connectivity index (χ3v) is 5.30. The molecule has 6 N–H and O–H groups in total. The van der Waals surface area contributed by atoms with Crippen LogP contribution in [0.25, 0.3) is 0 Å². The van der Waals surface area contributed by atoms with Crippen LogP contribution >= 0.6 is 0 Å². The molecule has 0 fully saturated rings. The van der Waals surface area contributed by atoms with Gasteiger partial charge in [0.2, 0.25) is 0 Å². The summed E-state index contributed by atoms with van der Waals surface area (Å²) < 4.78 is 91.7. The fourth-order valence-corrected chi connectivity index (χ4v) is 3.10. The molecule has 218 valence electrons. The number of nitrogen functional groups attached to an aromatic ring is 2. The van der Waals surface area contributed by atoms with Crippen molar-refractivity contribution >= 4 is 23.3 Å². The Morgan fingerprint density at radius 3 is 1.49 bits per heavy atom. The predicted molar refractivity (Wildman–Crippen MR) is 126 cm³/mol. The second-order valence-electron chi connectivity index (χ2n) is 7.89. The predicted octanol–water partition coefficient (Wildman–Crippen LogP) is 3.48. The molecule has 2 rings (SSSR count). The van der Waals surface area contributed by atoms with Gasteiger partial charge in [-0.05, 0) is 44.5 Å². The van der Waals surface area contributed by atoms with E-state index in [4.69, 9.17) is 16.2 Å². The zero-order valence-corrected chi connectivity index (χ0v) is 21.2. The van der Waals surface area contributed by atoms with E-state index in [0.29, 0.717) is 5.56 Å². The lowest BCUT2D eigenvalue weighted by molar-refractivity contribution is -0.268. The van der Waals surface area contributed by atoms with E-state index >= 15 is 0 Å². The van der Waals surface area contributed by atoms with E-state index in [1.807, 2.05) is 0 Å². The highest BCUT2D eigenvalue weighted by atomic mass is 19.4. The Kier molecular flexibility index (Phi) is 10.6. The van der Waals surface area contributed by atoms with Gasteiger partial charge in [0.15, 0.2) is 0 Å². The molecule has 0 aliphatic rings. The van der Waals surface area contributed by atoms with Gasteiger partial charge in [0.05, 0.1) is 26.0 Å². The normalized spacial score (nSPS) is 14.7. The van der Waals surface area contributed by atoms with Crippen LogP contribution in [0.15, 0.2) is 36.4 Å². The highest BCUT2D eigenvalue weighted by molar-refractivity contribution is 5.83. The summed E-state index contributed by atoms with van der Waals surface area (Å²) in [5.74, 6) is -3.65. The molecule has 2 aromatic rings. The highest BCUT2D eigenvalue weighted by Gasteiger charge is 2.63. The minimum atomic E-state index is -5.25. The first kappa shape index (κ1) is 33.3. The summed E-state index contributed by atoms with van der Waals surface area (Å²) in [6.45, 7) is 3.58. The number of carbonyl (C=O) groups excluding carboxylic acids is 2. The number of hydrogen-bond acceptors (Lipinski definition) is 9. The summed E-state index contributed by atoms with van der Waals surface area (Å²) in [6, 6.07) is 6.00. The summed E-state index contributed by atoms with van der Waals surface area (Å²) in [4.78, 5) is 23.0. The molecule has 9 nitrogen and oxygen atoms in total. The summed E-state index contributed by atoms with van der Waals surface area (Å²) in [5, 5.41) is 19.6. The number of esters is 2. The van der Waals surface area contributed by atoms with Gasteiger partial charge in [-0.3, -0.25) is 0 Å². The second-order valence-corrected chi connectivity index (χ2v) is 7.89. The van der Waals surface area contributed by atoms with Crippen molar-refractivity contribution < 1.29 is 60.4 Å². The van der Waals surface area contributed by atoms with Crippen LogP contribution in [0.3, 0.4) is 0 Å². The number of ether oxygens (including phenoxy) is 3. The van der Waals surface area contributed by atoms with Crippen LogP contribution in [-0.2, 0) is 30.3 Å². The number of aryl methyl sites for hydroxylation is 1. The van der Waals surface area contributed by atoms with Gasteiger partial charge in [0, 0.05) is 16.8 Å². The number of carbonyl (C=O) groups is 2. The molecule has 2 aromatic carbocycles. The molecule has 0 amide bonds. The maximum Gasteiger partial charge on any atom is 0.432 e. The first-order chi connectivity index (χ1) is 17.8. The molecular formula is C24H28F6N2O7. The Hall–Kier alpha value is -3.72. The molecule has 0 heterocycles. The molecule has 0 aliphatic carbocycles. The number of benzene rings is 2. The lowest BCUT2D eigenvalue weighted by Crippen LogP contribution is -2.50. The Morgan fingerprint density at radius 1 is 0.769 bits per heavy atom. The standard InChI is InChI=1S/C12H14F3NO4.C12H14F3NO3/c1-3-20-10(17)11(18,12(13,14)15)7-4-5-8(16)9(6-7)19-2;1-3-19-10(17)11(18,12(13,14)15)8-4-5-9(16)7(2)6-8/h4-6,18H,3,16H2,1-2H3;4-6,18H,3,16H2,1-2H3. The maximum atomic E-state index is 13.1. The fraction of sp³-hybridized carbons (Fsp3) is 0.417. The average molecular weight is 570 g/mol. The average Bonchev–Trinajstić information content (AvgIpc) is 2.84. The van der Waals surface area contributed by atoms with Crippen molar-refractivity contribution in [3.63, 3.8) is 0 Å². The lowest BCUT2D eigenvalue weighted by Gasteiger charge is -2.28. The molecule has 0 aromatic heterocycles. The van der Waals surface area contributed by atoms with E-state index in [1.165, 1.54) is 33.9 Å². The molecule has 39 heavy (non-hydrogen) atoms. The molecule has 0 saturated heterocycles. The zero-order chi connectivity index (χ0) is 30.4. The van der Waals surface area contributed by atoms with Crippen LogP contribution in [0.5, 0.6) is 5.75 Å². The number of aliphatic hydroxyl groups is 2. The Morgan fingerprint density at radius 2 is 1.15 bits per heavy atom. The van der Waals surface area contributed by atoms with Crippen LogP contribution in [0.2, 0.25) is 0 Å². The molecule has 2 unspecified atom stereocenters. The molecular weight excluding hydrogens is 542 g/mol. The number of alkyl halides is 6. The van der Waals surface area contributed by atoms with E-state index < -0.39 is 46.6 Å². The molecule has 0 bridgehead atoms. The Bertz CT molecular complexity index is 1170. The number of nitrogens with two attached hydrogens (primary N) is 2. The van der Waals surface area contributed by atoms with Crippen LogP contribution in [-0.4, -0.2) is 54.8 Å². The number of methoxy groups -OCH3 is 1. The van der Waals surface area contributed by atoms with Crippen LogP contribution in [0.1, 0.15) is 30.5 Å².